The third-order valence-corrected chi connectivity index (χ3v) is 5.28. The van der Waals surface area contributed by atoms with Crippen molar-refractivity contribution in [3.63, 3.8) is 0 Å². The number of anilines is 2. The van der Waals surface area contributed by atoms with Gasteiger partial charge in [-0.3, -0.25) is 14.8 Å². The fraction of sp³-hybridized carbons (Fsp3) is 0.0625. The molecule has 3 rings (SSSR count). The van der Waals surface area contributed by atoms with Gasteiger partial charge in [0.25, 0.3) is 15.9 Å². The summed E-state index contributed by atoms with van der Waals surface area (Å²) in [5, 5.41) is 10.3. The molecule has 2 aromatic carbocycles. The van der Waals surface area contributed by atoms with Gasteiger partial charge in [0.05, 0.1) is 4.90 Å². The standard InChI is InChI=1S/C16H14N4O3S2/c1-11-5-7-13(8-6-11)20-25(22,23)14-4-2-3-12(9-14)15(21)18-16-19-17-10-24-16/h2-10,20H,1H3,(H,18,19,21). The minimum absolute atomic E-state index is 0.00186. The van der Waals surface area contributed by atoms with Crippen LogP contribution >= 0.6 is 11.3 Å². The number of sulfonamides is 1. The number of carbonyl (C=O) groups is 1. The number of carbonyl (C=O) groups excluding carboxylic acids is 1. The molecule has 0 fully saturated rings. The molecule has 0 aliphatic heterocycles. The fourth-order valence-electron chi connectivity index (χ4n) is 2.04. The number of hydrogen-bond acceptors (Lipinski definition) is 6. The summed E-state index contributed by atoms with van der Waals surface area (Å²) in [4.78, 5) is 12.2. The molecule has 0 spiro atoms. The van der Waals surface area contributed by atoms with Crippen LogP contribution in [0.1, 0.15) is 15.9 Å². The topological polar surface area (TPSA) is 101 Å². The van der Waals surface area contributed by atoms with Gasteiger partial charge >= 0.3 is 0 Å². The van der Waals surface area contributed by atoms with E-state index >= 15 is 0 Å². The molecular formula is C16H14N4O3S2. The summed E-state index contributed by atoms with van der Waals surface area (Å²) in [6.07, 6.45) is 0. The van der Waals surface area contributed by atoms with Crippen LogP contribution in [0.3, 0.4) is 0 Å². The average molecular weight is 374 g/mol. The van der Waals surface area contributed by atoms with E-state index in [1.54, 1.807) is 12.1 Å². The van der Waals surface area contributed by atoms with E-state index in [1.807, 2.05) is 19.1 Å². The van der Waals surface area contributed by atoms with Crippen molar-refractivity contribution >= 4 is 38.1 Å². The molecule has 0 atom stereocenters. The average Bonchev–Trinajstić information content (AvgIpc) is 3.10. The van der Waals surface area contributed by atoms with Gasteiger partial charge in [0.2, 0.25) is 5.13 Å². The normalized spacial score (nSPS) is 11.1. The molecule has 2 N–H and O–H groups in total. The van der Waals surface area contributed by atoms with Crippen molar-refractivity contribution < 1.29 is 13.2 Å². The number of amides is 1. The van der Waals surface area contributed by atoms with Crippen molar-refractivity contribution in [3.05, 3.63) is 65.2 Å². The second-order valence-electron chi connectivity index (χ2n) is 5.20. The van der Waals surface area contributed by atoms with Crippen molar-refractivity contribution in [2.45, 2.75) is 11.8 Å². The van der Waals surface area contributed by atoms with Crippen LogP contribution in [0.5, 0.6) is 0 Å². The molecule has 25 heavy (non-hydrogen) atoms. The third kappa shape index (κ3) is 4.20. The van der Waals surface area contributed by atoms with Crippen molar-refractivity contribution in [2.24, 2.45) is 0 Å². The molecule has 1 heterocycles. The first-order valence-corrected chi connectivity index (χ1v) is 9.57. The second kappa shape index (κ2) is 6.99. The van der Waals surface area contributed by atoms with E-state index in [1.165, 1.54) is 41.1 Å². The summed E-state index contributed by atoms with van der Waals surface area (Å²) in [6.45, 7) is 1.92. The van der Waals surface area contributed by atoms with E-state index in [9.17, 15) is 13.2 Å². The molecule has 1 aromatic heterocycles. The van der Waals surface area contributed by atoms with Crippen LogP contribution in [0, 0.1) is 6.92 Å². The summed E-state index contributed by atoms with van der Waals surface area (Å²) < 4.78 is 27.5. The lowest BCUT2D eigenvalue weighted by molar-refractivity contribution is 0.102. The number of aryl methyl sites for hydroxylation is 1. The second-order valence-corrected chi connectivity index (χ2v) is 7.71. The third-order valence-electron chi connectivity index (χ3n) is 3.29. The van der Waals surface area contributed by atoms with Crippen LogP contribution < -0.4 is 10.0 Å². The van der Waals surface area contributed by atoms with Crippen LogP contribution in [0.4, 0.5) is 10.8 Å². The van der Waals surface area contributed by atoms with E-state index in [-0.39, 0.29) is 10.5 Å². The van der Waals surface area contributed by atoms with Crippen molar-refractivity contribution in [2.75, 3.05) is 10.0 Å². The maximum absolute atomic E-state index is 12.5. The SMILES string of the molecule is Cc1ccc(NS(=O)(=O)c2cccc(C(=O)Nc3nncs3)c2)cc1. The highest BCUT2D eigenvalue weighted by molar-refractivity contribution is 7.92. The Morgan fingerprint density at radius 3 is 2.56 bits per heavy atom. The zero-order chi connectivity index (χ0) is 17.9. The fourth-order valence-corrected chi connectivity index (χ4v) is 3.58. The van der Waals surface area contributed by atoms with Gasteiger partial charge in [-0.1, -0.05) is 35.1 Å². The molecule has 0 aliphatic carbocycles. The van der Waals surface area contributed by atoms with E-state index in [0.717, 1.165) is 5.56 Å². The van der Waals surface area contributed by atoms with Gasteiger partial charge in [-0.2, -0.15) is 0 Å². The minimum Gasteiger partial charge on any atom is -0.296 e. The first-order chi connectivity index (χ1) is 11.9. The molecule has 7 nitrogen and oxygen atoms in total. The van der Waals surface area contributed by atoms with Gasteiger partial charge in [-0.15, -0.1) is 10.2 Å². The lowest BCUT2D eigenvalue weighted by Gasteiger charge is -2.09. The van der Waals surface area contributed by atoms with Gasteiger partial charge in [0.15, 0.2) is 0 Å². The van der Waals surface area contributed by atoms with Crippen molar-refractivity contribution in [1.29, 1.82) is 0 Å². The van der Waals surface area contributed by atoms with Gasteiger partial charge in [-0.25, -0.2) is 8.42 Å². The molecule has 128 valence electrons. The van der Waals surface area contributed by atoms with Gasteiger partial charge in [0, 0.05) is 11.3 Å². The van der Waals surface area contributed by atoms with E-state index in [2.05, 4.69) is 20.2 Å². The number of rotatable bonds is 5. The van der Waals surface area contributed by atoms with E-state index < -0.39 is 15.9 Å². The molecule has 0 aliphatic rings. The lowest BCUT2D eigenvalue weighted by Crippen LogP contribution is -2.16. The smallest absolute Gasteiger partial charge is 0.261 e. The molecule has 0 radical (unpaired) electrons. The first-order valence-electron chi connectivity index (χ1n) is 7.21. The Labute approximate surface area is 148 Å². The highest BCUT2D eigenvalue weighted by Gasteiger charge is 2.17. The predicted molar refractivity (Wildman–Crippen MR) is 96.3 cm³/mol. The summed E-state index contributed by atoms with van der Waals surface area (Å²) >= 11 is 1.17. The molecule has 9 heteroatoms. The number of nitrogens with one attached hydrogen (secondary N) is 2. The van der Waals surface area contributed by atoms with Crippen molar-refractivity contribution in [1.82, 2.24) is 10.2 Å². The first kappa shape index (κ1) is 17.1. The van der Waals surface area contributed by atoms with Gasteiger partial charge in [0.1, 0.15) is 5.51 Å². The Morgan fingerprint density at radius 1 is 1.12 bits per heavy atom. The van der Waals surface area contributed by atoms with Gasteiger partial charge < -0.3 is 0 Å². The van der Waals surface area contributed by atoms with Crippen LogP contribution in [-0.4, -0.2) is 24.5 Å². The van der Waals surface area contributed by atoms with Crippen LogP contribution in [0.25, 0.3) is 0 Å². The molecule has 3 aromatic rings. The molecule has 0 unspecified atom stereocenters. The summed E-state index contributed by atoms with van der Waals surface area (Å²) in [6, 6.07) is 12.8. The summed E-state index contributed by atoms with van der Waals surface area (Å²) in [5.41, 5.74) is 3.18. The molecule has 0 saturated heterocycles. The number of aromatic nitrogens is 2. The Bertz CT molecular complexity index is 984. The maximum atomic E-state index is 12.5. The highest BCUT2D eigenvalue weighted by Crippen LogP contribution is 2.18. The van der Waals surface area contributed by atoms with E-state index in [4.69, 9.17) is 0 Å². The Morgan fingerprint density at radius 2 is 1.88 bits per heavy atom. The number of benzene rings is 2. The Kier molecular flexibility index (Phi) is 4.77. The molecule has 0 saturated carbocycles. The van der Waals surface area contributed by atoms with Crippen LogP contribution in [0.15, 0.2) is 58.9 Å². The maximum Gasteiger partial charge on any atom is 0.261 e. The molecule has 0 bridgehead atoms. The minimum atomic E-state index is -3.80. The van der Waals surface area contributed by atoms with E-state index in [0.29, 0.717) is 10.8 Å². The summed E-state index contributed by atoms with van der Waals surface area (Å²) in [7, 11) is -3.80. The zero-order valence-electron chi connectivity index (χ0n) is 13.1. The predicted octanol–water partition coefficient (Wildman–Crippen LogP) is 2.90. The van der Waals surface area contributed by atoms with Crippen LogP contribution in [-0.2, 0) is 10.0 Å². The lowest BCUT2D eigenvalue weighted by atomic mass is 10.2. The monoisotopic (exact) mass is 374 g/mol. The Balaban J connectivity index is 1.82. The largest absolute Gasteiger partial charge is 0.296 e. The van der Waals surface area contributed by atoms with Crippen LogP contribution in [0.2, 0.25) is 0 Å². The number of nitrogens with zero attached hydrogens (tertiary/aromatic N) is 2. The summed E-state index contributed by atoms with van der Waals surface area (Å²) in [5.74, 6) is -0.455. The molecular weight excluding hydrogens is 360 g/mol. The number of hydrogen-bond donors (Lipinski definition) is 2. The molecule has 1 amide bonds. The van der Waals surface area contributed by atoms with Gasteiger partial charge in [-0.05, 0) is 37.3 Å². The van der Waals surface area contributed by atoms with Crippen molar-refractivity contribution in [3.8, 4) is 0 Å². The Hall–Kier alpha value is -2.78. The highest BCUT2D eigenvalue weighted by atomic mass is 32.2. The zero-order valence-corrected chi connectivity index (χ0v) is 14.8. The quantitative estimate of drug-likeness (QED) is 0.715.